The van der Waals surface area contributed by atoms with Gasteiger partial charge in [0.15, 0.2) is 0 Å². The smallest absolute Gasteiger partial charge is 0.229 e. The van der Waals surface area contributed by atoms with Gasteiger partial charge >= 0.3 is 0 Å². The molecule has 0 aromatic carbocycles. The van der Waals surface area contributed by atoms with Crippen molar-refractivity contribution in [1.82, 2.24) is 19.9 Å². The summed E-state index contributed by atoms with van der Waals surface area (Å²) in [5, 5.41) is 3.61. The zero-order valence-electron chi connectivity index (χ0n) is 16.4. The van der Waals surface area contributed by atoms with Gasteiger partial charge in [0, 0.05) is 36.3 Å². The van der Waals surface area contributed by atoms with E-state index < -0.39 is 21.8 Å². The van der Waals surface area contributed by atoms with Crippen molar-refractivity contribution >= 4 is 32.6 Å². The molecule has 4 heterocycles. The Balaban J connectivity index is 1.51. The van der Waals surface area contributed by atoms with Crippen LogP contribution in [0.4, 0.5) is 20.3 Å². The molecular formula is C20H18F2N6O2S. The molecule has 0 aliphatic carbocycles. The summed E-state index contributed by atoms with van der Waals surface area (Å²) in [5.74, 6) is -0.780. The van der Waals surface area contributed by atoms with Crippen LogP contribution in [0.2, 0.25) is 0 Å². The molecule has 0 bridgehead atoms. The quantitative estimate of drug-likeness (QED) is 0.378. The fourth-order valence-corrected chi connectivity index (χ4v) is 3.66. The Bertz CT molecular complexity index is 1360. The van der Waals surface area contributed by atoms with Crippen molar-refractivity contribution in [2.45, 2.75) is 13.0 Å². The molecule has 0 fully saturated rings. The first-order valence-electron chi connectivity index (χ1n) is 9.19. The zero-order valence-corrected chi connectivity index (χ0v) is 17.2. The average molecular weight is 444 g/mol. The number of aromatic amines is 1. The van der Waals surface area contributed by atoms with E-state index in [0.29, 0.717) is 33.7 Å². The lowest BCUT2D eigenvalue weighted by Crippen LogP contribution is -2.09. The fraction of sp³-hybridized carbons (Fsp3) is 0.150. The SMILES string of the molecule is CS(=O)(=O)Nc1cnc2[nH]cc(Cc3ccc(NCc4cncc(F)c4)nc3F)c2c1. The molecule has 4 aromatic rings. The molecule has 0 saturated heterocycles. The normalized spacial score (nSPS) is 11.6. The van der Waals surface area contributed by atoms with E-state index in [4.69, 9.17) is 0 Å². The van der Waals surface area contributed by atoms with E-state index in [0.717, 1.165) is 18.0 Å². The van der Waals surface area contributed by atoms with Crippen LogP contribution in [0.1, 0.15) is 16.7 Å². The minimum absolute atomic E-state index is 0.233. The Kier molecular flexibility index (Phi) is 5.51. The third-order valence-corrected chi connectivity index (χ3v) is 5.07. The first-order chi connectivity index (χ1) is 14.8. The summed E-state index contributed by atoms with van der Waals surface area (Å²) in [6, 6.07) is 6.22. The molecule has 0 aliphatic rings. The van der Waals surface area contributed by atoms with Gasteiger partial charge < -0.3 is 10.3 Å². The van der Waals surface area contributed by atoms with E-state index in [1.807, 2.05) is 0 Å². The summed E-state index contributed by atoms with van der Waals surface area (Å²) in [6.07, 6.45) is 7.01. The Labute approximate surface area is 176 Å². The number of sulfonamides is 1. The highest BCUT2D eigenvalue weighted by Crippen LogP contribution is 2.24. The van der Waals surface area contributed by atoms with Crippen molar-refractivity contribution in [1.29, 1.82) is 0 Å². The standard InChI is InChI=1S/C20H18F2N6O2S/c1-31(29,30)28-16-6-17-14(9-25-20(17)26-11-16)5-13-2-3-18(27-19(13)22)24-8-12-4-15(21)10-23-7-12/h2-4,6-7,9-11,28H,5,8H2,1H3,(H,24,27)(H,25,26). The van der Waals surface area contributed by atoms with E-state index in [-0.39, 0.29) is 13.0 Å². The van der Waals surface area contributed by atoms with Crippen molar-refractivity contribution in [2.24, 2.45) is 0 Å². The van der Waals surface area contributed by atoms with Gasteiger partial charge in [-0.2, -0.15) is 4.39 Å². The van der Waals surface area contributed by atoms with Crippen molar-refractivity contribution in [3.8, 4) is 0 Å². The first kappa shape index (κ1) is 20.7. The maximum atomic E-state index is 14.6. The Morgan fingerprint density at radius 2 is 1.94 bits per heavy atom. The van der Waals surface area contributed by atoms with Gasteiger partial charge in [-0.1, -0.05) is 6.07 Å². The monoisotopic (exact) mass is 444 g/mol. The molecule has 0 radical (unpaired) electrons. The maximum absolute atomic E-state index is 14.6. The molecule has 31 heavy (non-hydrogen) atoms. The van der Waals surface area contributed by atoms with Crippen LogP contribution < -0.4 is 10.0 Å². The molecule has 0 saturated carbocycles. The van der Waals surface area contributed by atoms with Crippen molar-refractivity contribution in [2.75, 3.05) is 16.3 Å². The van der Waals surface area contributed by atoms with Gasteiger partial charge in [-0.05, 0) is 29.3 Å². The molecule has 4 aromatic heterocycles. The van der Waals surface area contributed by atoms with Crippen LogP contribution in [0.5, 0.6) is 0 Å². The molecule has 11 heteroatoms. The average Bonchev–Trinajstić information content (AvgIpc) is 3.09. The zero-order chi connectivity index (χ0) is 22.0. The minimum atomic E-state index is -3.44. The van der Waals surface area contributed by atoms with Crippen LogP contribution in [-0.4, -0.2) is 34.6 Å². The molecule has 160 valence electrons. The highest BCUT2D eigenvalue weighted by atomic mass is 32.2. The van der Waals surface area contributed by atoms with E-state index in [2.05, 4.69) is 30.0 Å². The molecule has 4 rings (SSSR count). The van der Waals surface area contributed by atoms with E-state index in [9.17, 15) is 17.2 Å². The fourth-order valence-electron chi connectivity index (χ4n) is 3.12. The van der Waals surface area contributed by atoms with Gasteiger partial charge in [0.05, 0.1) is 24.3 Å². The van der Waals surface area contributed by atoms with Crippen molar-refractivity contribution in [3.05, 3.63) is 77.5 Å². The topological polar surface area (TPSA) is 113 Å². The number of rotatable bonds is 7. The van der Waals surface area contributed by atoms with Crippen LogP contribution in [-0.2, 0) is 23.0 Å². The molecule has 0 aliphatic heterocycles. The second-order valence-corrected chi connectivity index (χ2v) is 8.74. The third kappa shape index (κ3) is 5.12. The summed E-state index contributed by atoms with van der Waals surface area (Å²) >= 11 is 0. The van der Waals surface area contributed by atoms with E-state index >= 15 is 0 Å². The molecule has 3 N–H and O–H groups in total. The number of pyridine rings is 3. The van der Waals surface area contributed by atoms with Gasteiger partial charge in [0.25, 0.3) is 0 Å². The second-order valence-electron chi connectivity index (χ2n) is 7.00. The molecule has 0 atom stereocenters. The van der Waals surface area contributed by atoms with Gasteiger partial charge in [-0.15, -0.1) is 0 Å². The van der Waals surface area contributed by atoms with Crippen LogP contribution in [0, 0.1) is 11.8 Å². The van der Waals surface area contributed by atoms with Crippen molar-refractivity contribution in [3.63, 3.8) is 0 Å². The highest BCUT2D eigenvalue weighted by molar-refractivity contribution is 7.92. The summed E-state index contributed by atoms with van der Waals surface area (Å²) in [6.45, 7) is 0.251. The number of hydrogen-bond acceptors (Lipinski definition) is 6. The van der Waals surface area contributed by atoms with Crippen LogP contribution in [0.15, 0.2) is 49.1 Å². The van der Waals surface area contributed by atoms with Gasteiger partial charge in [0.2, 0.25) is 16.0 Å². The summed E-state index contributed by atoms with van der Waals surface area (Å²) in [5.41, 5.74) is 2.59. The lowest BCUT2D eigenvalue weighted by atomic mass is 10.1. The number of nitrogens with zero attached hydrogens (tertiary/aromatic N) is 3. The van der Waals surface area contributed by atoms with Gasteiger partial charge in [-0.3, -0.25) is 9.71 Å². The van der Waals surface area contributed by atoms with Crippen LogP contribution >= 0.6 is 0 Å². The number of aromatic nitrogens is 4. The molecule has 0 unspecified atom stereocenters. The molecule has 8 nitrogen and oxygen atoms in total. The van der Waals surface area contributed by atoms with E-state index in [1.165, 1.54) is 18.5 Å². The Morgan fingerprint density at radius 1 is 1.10 bits per heavy atom. The van der Waals surface area contributed by atoms with Gasteiger partial charge in [-0.25, -0.2) is 22.8 Å². The van der Waals surface area contributed by atoms with Gasteiger partial charge in [0.1, 0.15) is 17.3 Å². The number of H-pyrrole nitrogens is 1. The maximum Gasteiger partial charge on any atom is 0.229 e. The molecule has 0 amide bonds. The van der Waals surface area contributed by atoms with Crippen LogP contribution in [0.25, 0.3) is 11.0 Å². The van der Waals surface area contributed by atoms with E-state index in [1.54, 1.807) is 24.4 Å². The van der Waals surface area contributed by atoms with Crippen LogP contribution in [0.3, 0.4) is 0 Å². The number of nitrogens with one attached hydrogen (secondary N) is 3. The Hall–Kier alpha value is -3.60. The number of fused-ring (bicyclic) bond motifs is 1. The molecule has 0 spiro atoms. The summed E-state index contributed by atoms with van der Waals surface area (Å²) < 4.78 is 53.1. The first-order valence-corrected chi connectivity index (χ1v) is 11.1. The number of anilines is 2. The predicted molar refractivity (Wildman–Crippen MR) is 113 cm³/mol. The minimum Gasteiger partial charge on any atom is -0.366 e. The predicted octanol–water partition coefficient (Wildman–Crippen LogP) is 3.21. The largest absolute Gasteiger partial charge is 0.366 e. The Morgan fingerprint density at radius 3 is 2.68 bits per heavy atom. The highest BCUT2D eigenvalue weighted by Gasteiger charge is 2.12. The summed E-state index contributed by atoms with van der Waals surface area (Å²) in [4.78, 5) is 14.9. The molecular weight excluding hydrogens is 426 g/mol. The number of hydrogen-bond donors (Lipinski definition) is 3. The third-order valence-electron chi connectivity index (χ3n) is 4.46. The van der Waals surface area contributed by atoms with Crippen molar-refractivity contribution < 1.29 is 17.2 Å². The number of halogens is 2. The lowest BCUT2D eigenvalue weighted by Gasteiger charge is -2.08. The summed E-state index contributed by atoms with van der Waals surface area (Å²) in [7, 11) is -3.44. The second kappa shape index (κ2) is 8.26. The lowest BCUT2D eigenvalue weighted by molar-refractivity contribution is 0.571.